The molecule has 0 saturated heterocycles. The van der Waals surface area contributed by atoms with Gasteiger partial charge in [0.05, 0.1) is 6.04 Å². The topological polar surface area (TPSA) is 58.0 Å². The van der Waals surface area contributed by atoms with Gasteiger partial charge in [0.2, 0.25) is 0 Å². The molecule has 0 rings (SSSR count). The molecule has 15 heavy (non-hydrogen) atoms. The van der Waals surface area contributed by atoms with Crippen LogP contribution < -0.4 is 0 Å². The fourth-order valence-electron chi connectivity index (χ4n) is 0.827. The molecule has 0 aliphatic heterocycles. The van der Waals surface area contributed by atoms with Crippen LogP contribution in [0, 0.1) is 0 Å². The van der Waals surface area contributed by atoms with Crippen molar-refractivity contribution in [2.75, 3.05) is 6.61 Å². The Morgan fingerprint density at radius 2 is 1.93 bits per heavy atom. The number of rotatable bonds is 5. The molecule has 0 unspecified atom stereocenters. The van der Waals surface area contributed by atoms with Crippen LogP contribution in [-0.2, 0) is 4.43 Å². The summed E-state index contributed by atoms with van der Waals surface area (Å²) in [6.45, 7) is 13.6. The molecule has 0 saturated carbocycles. The van der Waals surface area contributed by atoms with E-state index in [1.165, 1.54) is 0 Å². The largest absolute Gasteiger partial charge is 0.416 e. The van der Waals surface area contributed by atoms with E-state index in [1.54, 1.807) is 0 Å². The van der Waals surface area contributed by atoms with Gasteiger partial charge in [-0.25, -0.2) is 0 Å². The van der Waals surface area contributed by atoms with Crippen LogP contribution in [0.4, 0.5) is 0 Å². The van der Waals surface area contributed by atoms with E-state index in [-0.39, 0.29) is 11.1 Å². The molecule has 0 spiro atoms. The lowest BCUT2D eigenvalue weighted by Crippen LogP contribution is -2.42. The number of azide groups is 1. The van der Waals surface area contributed by atoms with Crippen LogP contribution in [0.25, 0.3) is 10.4 Å². The second-order valence-corrected chi connectivity index (χ2v) is 10.1. The molecule has 0 aromatic heterocycles. The van der Waals surface area contributed by atoms with E-state index >= 15 is 0 Å². The normalized spacial score (nSPS) is 14.5. The minimum Gasteiger partial charge on any atom is -0.416 e. The SMILES string of the molecule is CC[C@@H](CO[Si](C)(C)C(C)(C)C)N=[N+]=[N-]. The fourth-order valence-corrected chi connectivity index (χ4v) is 1.87. The summed E-state index contributed by atoms with van der Waals surface area (Å²) in [5.41, 5.74) is 8.37. The third kappa shape index (κ3) is 4.69. The Balaban J connectivity index is 4.30. The van der Waals surface area contributed by atoms with Crippen molar-refractivity contribution >= 4 is 8.32 Å². The second kappa shape index (κ2) is 5.54. The van der Waals surface area contributed by atoms with Crippen LogP contribution >= 0.6 is 0 Å². The molecule has 0 amide bonds. The van der Waals surface area contributed by atoms with Crippen molar-refractivity contribution < 1.29 is 4.43 Å². The molecule has 0 aliphatic rings. The first-order valence-electron chi connectivity index (χ1n) is 5.42. The Kier molecular flexibility index (Phi) is 5.35. The van der Waals surface area contributed by atoms with Gasteiger partial charge in [-0.3, -0.25) is 0 Å². The van der Waals surface area contributed by atoms with E-state index in [0.717, 1.165) is 6.42 Å². The first-order valence-corrected chi connectivity index (χ1v) is 8.33. The Hall–Kier alpha value is -0.513. The molecule has 0 aliphatic carbocycles. The lowest BCUT2D eigenvalue weighted by Gasteiger charge is -2.36. The van der Waals surface area contributed by atoms with Crippen molar-refractivity contribution in [3.63, 3.8) is 0 Å². The van der Waals surface area contributed by atoms with Gasteiger partial charge in [0, 0.05) is 11.5 Å². The van der Waals surface area contributed by atoms with E-state index in [2.05, 4.69) is 43.9 Å². The lowest BCUT2D eigenvalue weighted by atomic mass is 10.2. The molecule has 1 atom stereocenters. The zero-order valence-corrected chi connectivity index (χ0v) is 11.7. The van der Waals surface area contributed by atoms with Gasteiger partial charge in [0.25, 0.3) is 0 Å². The third-order valence-corrected chi connectivity index (χ3v) is 7.63. The van der Waals surface area contributed by atoms with E-state index < -0.39 is 8.32 Å². The van der Waals surface area contributed by atoms with Crippen molar-refractivity contribution in [3.05, 3.63) is 10.4 Å². The average Bonchev–Trinajstić information content (AvgIpc) is 2.10. The van der Waals surface area contributed by atoms with Gasteiger partial charge in [0.1, 0.15) is 0 Å². The Bertz CT molecular complexity index is 242. The molecule has 0 fully saturated rings. The minimum atomic E-state index is -1.70. The van der Waals surface area contributed by atoms with E-state index in [1.807, 2.05) is 6.92 Å². The molecule has 4 nitrogen and oxygen atoms in total. The van der Waals surface area contributed by atoms with Crippen molar-refractivity contribution in [3.8, 4) is 0 Å². The van der Waals surface area contributed by atoms with Crippen LogP contribution in [0.1, 0.15) is 34.1 Å². The number of nitrogens with zero attached hydrogens (tertiary/aromatic N) is 3. The molecular weight excluding hydrogens is 206 g/mol. The summed E-state index contributed by atoms with van der Waals surface area (Å²) in [7, 11) is -1.70. The maximum atomic E-state index is 8.37. The molecule has 0 aromatic rings. The Labute approximate surface area is 93.8 Å². The molecule has 5 heteroatoms. The molecule has 0 aromatic carbocycles. The van der Waals surface area contributed by atoms with Crippen molar-refractivity contribution in [1.82, 2.24) is 0 Å². The van der Waals surface area contributed by atoms with Crippen LogP contribution in [0.5, 0.6) is 0 Å². The van der Waals surface area contributed by atoms with Crippen molar-refractivity contribution in [1.29, 1.82) is 0 Å². The smallest absolute Gasteiger partial charge is 0.191 e. The van der Waals surface area contributed by atoms with Gasteiger partial charge in [0.15, 0.2) is 8.32 Å². The zero-order chi connectivity index (χ0) is 12.1. The van der Waals surface area contributed by atoms with Gasteiger partial charge < -0.3 is 4.43 Å². The van der Waals surface area contributed by atoms with Crippen molar-refractivity contribution in [2.24, 2.45) is 5.11 Å². The molecule has 88 valence electrons. The second-order valence-electron chi connectivity index (χ2n) is 5.34. The van der Waals surface area contributed by atoms with Crippen molar-refractivity contribution in [2.45, 2.75) is 58.3 Å². The summed E-state index contributed by atoms with van der Waals surface area (Å²) in [5.74, 6) is 0. The lowest BCUT2D eigenvalue weighted by molar-refractivity contribution is 0.260. The molecule has 0 N–H and O–H groups in total. The van der Waals surface area contributed by atoms with E-state index in [9.17, 15) is 0 Å². The number of hydrogen-bond donors (Lipinski definition) is 0. The summed E-state index contributed by atoms with van der Waals surface area (Å²) in [6, 6.07) is -0.0240. The molecule has 0 heterocycles. The van der Waals surface area contributed by atoms with E-state index in [4.69, 9.17) is 9.96 Å². The summed E-state index contributed by atoms with van der Waals surface area (Å²) < 4.78 is 5.97. The predicted octanol–water partition coefficient (Wildman–Crippen LogP) is 4.10. The predicted molar refractivity (Wildman–Crippen MR) is 66.4 cm³/mol. The summed E-state index contributed by atoms with van der Waals surface area (Å²) in [4.78, 5) is 2.83. The van der Waals surface area contributed by atoms with E-state index in [0.29, 0.717) is 6.61 Å². The molecule has 0 radical (unpaired) electrons. The maximum absolute atomic E-state index is 8.37. The fraction of sp³-hybridized carbons (Fsp3) is 1.00. The zero-order valence-electron chi connectivity index (χ0n) is 10.7. The van der Waals surface area contributed by atoms with Gasteiger partial charge in [-0.1, -0.05) is 32.8 Å². The van der Waals surface area contributed by atoms with Crippen LogP contribution in [0.2, 0.25) is 18.1 Å². The highest BCUT2D eigenvalue weighted by atomic mass is 28.4. The highest BCUT2D eigenvalue weighted by molar-refractivity contribution is 6.74. The molecular formula is C10H23N3OSi. The average molecular weight is 229 g/mol. The summed E-state index contributed by atoms with van der Waals surface area (Å²) in [5, 5.41) is 3.92. The summed E-state index contributed by atoms with van der Waals surface area (Å²) >= 11 is 0. The Morgan fingerprint density at radius 1 is 1.40 bits per heavy atom. The minimum absolute atomic E-state index is 0.0240. The monoisotopic (exact) mass is 229 g/mol. The van der Waals surface area contributed by atoms with Crippen LogP contribution in [0.3, 0.4) is 0 Å². The highest BCUT2D eigenvalue weighted by Crippen LogP contribution is 2.36. The van der Waals surface area contributed by atoms with Crippen LogP contribution in [-0.4, -0.2) is 21.0 Å². The number of hydrogen-bond acceptors (Lipinski definition) is 2. The summed E-state index contributed by atoms with van der Waals surface area (Å²) in [6.07, 6.45) is 0.832. The maximum Gasteiger partial charge on any atom is 0.191 e. The quantitative estimate of drug-likeness (QED) is 0.303. The third-order valence-electron chi connectivity index (χ3n) is 3.13. The molecule has 0 bridgehead atoms. The van der Waals surface area contributed by atoms with Gasteiger partial charge in [-0.2, -0.15) is 0 Å². The van der Waals surface area contributed by atoms with Gasteiger partial charge >= 0.3 is 0 Å². The van der Waals surface area contributed by atoms with Gasteiger partial charge in [-0.15, -0.1) is 0 Å². The Morgan fingerprint density at radius 3 is 2.27 bits per heavy atom. The first-order chi connectivity index (χ1) is 6.74. The standard InChI is InChI=1S/C10H23N3OSi/c1-7-9(12-13-11)8-14-15(5,6)10(2,3)4/h9H,7-8H2,1-6H3/t9-/m0/s1. The van der Waals surface area contributed by atoms with Crippen LogP contribution in [0.15, 0.2) is 5.11 Å². The van der Waals surface area contributed by atoms with Gasteiger partial charge in [-0.05, 0) is 30.1 Å². The first kappa shape index (κ1) is 14.5. The highest BCUT2D eigenvalue weighted by Gasteiger charge is 2.37.